The van der Waals surface area contributed by atoms with Crippen molar-refractivity contribution in [2.45, 2.75) is 70.4 Å². The molecule has 0 spiro atoms. The molecule has 178 valence electrons. The second-order valence-corrected chi connectivity index (χ2v) is 10.4. The van der Waals surface area contributed by atoms with E-state index in [0.29, 0.717) is 19.1 Å². The van der Waals surface area contributed by atoms with Crippen LogP contribution in [0.4, 0.5) is 10.1 Å². The van der Waals surface area contributed by atoms with E-state index in [4.69, 9.17) is 0 Å². The quantitative estimate of drug-likeness (QED) is 0.639. The molecule has 2 fully saturated rings. The Kier molecular flexibility index (Phi) is 7.00. The summed E-state index contributed by atoms with van der Waals surface area (Å²) in [6, 6.07) is 15.6. The monoisotopic (exact) mass is 450 g/mol. The maximum Gasteiger partial charge on any atom is 0.145 e. The molecule has 2 aromatic rings. The lowest BCUT2D eigenvalue weighted by Gasteiger charge is -2.31. The molecular formula is C28H39FN4. The number of halogens is 1. The number of rotatable bonds is 7. The van der Waals surface area contributed by atoms with Gasteiger partial charge in [-0.2, -0.15) is 0 Å². The molecule has 0 aliphatic carbocycles. The van der Waals surface area contributed by atoms with Crippen molar-refractivity contribution in [3.05, 3.63) is 64.7 Å². The fourth-order valence-electron chi connectivity index (χ4n) is 5.71. The second-order valence-electron chi connectivity index (χ2n) is 10.4. The van der Waals surface area contributed by atoms with E-state index in [2.05, 4.69) is 50.8 Å². The van der Waals surface area contributed by atoms with Crippen molar-refractivity contribution in [2.75, 3.05) is 37.6 Å². The number of nitrogens with one attached hydrogen (secondary N) is 2. The van der Waals surface area contributed by atoms with E-state index in [0.717, 1.165) is 50.5 Å². The molecule has 5 heteroatoms. The molecule has 0 saturated carbocycles. The van der Waals surface area contributed by atoms with Crippen molar-refractivity contribution in [1.82, 2.24) is 15.5 Å². The lowest BCUT2D eigenvalue weighted by Crippen LogP contribution is -2.43. The molecule has 0 amide bonds. The number of nitrogens with zero attached hydrogens (tertiary/aromatic N) is 2. The van der Waals surface area contributed by atoms with Gasteiger partial charge >= 0.3 is 0 Å². The molecule has 3 aliphatic heterocycles. The summed E-state index contributed by atoms with van der Waals surface area (Å²) in [5.41, 5.74) is 4.67. The van der Waals surface area contributed by atoms with Crippen LogP contribution >= 0.6 is 0 Å². The zero-order valence-electron chi connectivity index (χ0n) is 20.1. The number of benzene rings is 2. The van der Waals surface area contributed by atoms with Crippen LogP contribution in [0.25, 0.3) is 0 Å². The normalized spacial score (nSPS) is 23.3. The van der Waals surface area contributed by atoms with E-state index in [1.807, 2.05) is 12.1 Å². The van der Waals surface area contributed by atoms with Gasteiger partial charge < -0.3 is 15.5 Å². The minimum Gasteiger partial charge on any atom is -0.372 e. The van der Waals surface area contributed by atoms with E-state index in [1.54, 1.807) is 6.92 Å². The van der Waals surface area contributed by atoms with Crippen LogP contribution in [0.5, 0.6) is 0 Å². The summed E-state index contributed by atoms with van der Waals surface area (Å²) >= 11 is 0. The highest BCUT2D eigenvalue weighted by Gasteiger charge is 2.28. The van der Waals surface area contributed by atoms with Crippen LogP contribution < -0.4 is 15.5 Å². The SMILES string of the molecule is CC(F)(CNCc1ccc2c(c1)CN(C1CCCNC1)C2)c1cccc(N2CCCCC2)c1. The Morgan fingerprint density at radius 1 is 1.03 bits per heavy atom. The minimum atomic E-state index is -1.40. The third-order valence-electron chi connectivity index (χ3n) is 7.76. The summed E-state index contributed by atoms with van der Waals surface area (Å²) in [5.74, 6) is 0. The average Bonchev–Trinajstić information content (AvgIpc) is 3.29. The van der Waals surface area contributed by atoms with E-state index >= 15 is 4.39 Å². The average molecular weight is 451 g/mol. The number of hydrogen-bond acceptors (Lipinski definition) is 4. The van der Waals surface area contributed by atoms with Crippen LogP contribution in [-0.4, -0.2) is 43.7 Å². The lowest BCUT2D eigenvalue weighted by molar-refractivity contribution is 0.167. The van der Waals surface area contributed by atoms with Crippen molar-refractivity contribution < 1.29 is 4.39 Å². The standard InChI is InChI=1S/C28H39FN4/c1-28(29,25-7-5-8-26(16-25)32-13-3-2-4-14-32)21-31-17-22-10-11-23-19-33(20-24(23)15-22)27-9-6-12-30-18-27/h5,7-8,10-11,15-16,27,30-31H,2-4,6,9,12-14,17-21H2,1H3. The molecule has 0 radical (unpaired) electrons. The molecule has 3 heterocycles. The predicted molar refractivity (Wildman–Crippen MR) is 134 cm³/mol. The number of piperidine rings is 2. The summed E-state index contributed by atoms with van der Waals surface area (Å²) in [5, 5.41) is 6.93. The van der Waals surface area contributed by atoms with E-state index in [9.17, 15) is 0 Å². The van der Waals surface area contributed by atoms with Crippen molar-refractivity contribution in [2.24, 2.45) is 0 Å². The van der Waals surface area contributed by atoms with Crippen LogP contribution in [-0.2, 0) is 25.3 Å². The molecule has 2 atom stereocenters. The Morgan fingerprint density at radius 2 is 1.88 bits per heavy atom. The largest absolute Gasteiger partial charge is 0.372 e. The Hall–Kier alpha value is -1.95. The molecule has 3 aliphatic rings. The third-order valence-corrected chi connectivity index (χ3v) is 7.76. The van der Waals surface area contributed by atoms with Crippen molar-refractivity contribution in [1.29, 1.82) is 0 Å². The Bertz CT molecular complexity index is 931. The van der Waals surface area contributed by atoms with Gasteiger partial charge in [0.1, 0.15) is 5.67 Å². The van der Waals surface area contributed by atoms with Crippen LogP contribution in [0.1, 0.15) is 61.3 Å². The molecule has 33 heavy (non-hydrogen) atoms. The Balaban J connectivity index is 1.16. The van der Waals surface area contributed by atoms with E-state index < -0.39 is 5.67 Å². The first-order chi connectivity index (χ1) is 16.1. The topological polar surface area (TPSA) is 30.5 Å². The first-order valence-electron chi connectivity index (χ1n) is 12.9. The van der Waals surface area contributed by atoms with Gasteiger partial charge in [-0.05, 0) is 80.0 Å². The number of anilines is 1. The molecule has 5 rings (SSSR count). The molecule has 2 unspecified atom stereocenters. The summed E-state index contributed by atoms with van der Waals surface area (Å²) in [4.78, 5) is 5.01. The highest BCUT2D eigenvalue weighted by molar-refractivity contribution is 5.50. The fourth-order valence-corrected chi connectivity index (χ4v) is 5.71. The molecular weight excluding hydrogens is 411 g/mol. The van der Waals surface area contributed by atoms with Crippen molar-refractivity contribution in [3.8, 4) is 0 Å². The smallest absolute Gasteiger partial charge is 0.145 e. The Labute approximate surface area is 198 Å². The summed E-state index contributed by atoms with van der Waals surface area (Å²) in [7, 11) is 0. The zero-order valence-corrected chi connectivity index (χ0v) is 20.1. The number of fused-ring (bicyclic) bond motifs is 1. The van der Waals surface area contributed by atoms with E-state index in [-0.39, 0.29) is 0 Å². The van der Waals surface area contributed by atoms with E-state index in [1.165, 1.54) is 48.8 Å². The second kappa shape index (κ2) is 10.1. The summed E-state index contributed by atoms with van der Waals surface area (Å²) in [6.45, 7) is 9.24. The van der Waals surface area contributed by atoms with Gasteiger partial charge in [-0.15, -0.1) is 0 Å². The molecule has 2 saturated heterocycles. The fraction of sp³-hybridized carbons (Fsp3) is 0.571. The van der Waals surface area contributed by atoms with Crippen LogP contribution in [0, 0.1) is 0 Å². The Morgan fingerprint density at radius 3 is 2.70 bits per heavy atom. The highest BCUT2D eigenvalue weighted by atomic mass is 19.1. The van der Waals surface area contributed by atoms with Gasteiger partial charge in [0.2, 0.25) is 0 Å². The van der Waals surface area contributed by atoms with Crippen molar-refractivity contribution in [3.63, 3.8) is 0 Å². The molecule has 0 bridgehead atoms. The molecule has 4 nitrogen and oxygen atoms in total. The lowest BCUT2D eigenvalue weighted by atomic mass is 9.96. The van der Waals surface area contributed by atoms with Crippen molar-refractivity contribution >= 4 is 5.69 Å². The molecule has 2 N–H and O–H groups in total. The van der Waals surface area contributed by atoms with Gasteiger partial charge in [0.25, 0.3) is 0 Å². The molecule has 2 aromatic carbocycles. The molecule has 0 aromatic heterocycles. The van der Waals surface area contributed by atoms with Gasteiger partial charge in [-0.3, -0.25) is 4.90 Å². The maximum absolute atomic E-state index is 15.7. The predicted octanol–water partition coefficient (Wildman–Crippen LogP) is 4.72. The first kappa shape index (κ1) is 22.8. The van der Waals surface area contributed by atoms with Gasteiger partial charge in [0.15, 0.2) is 0 Å². The maximum atomic E-state index is 15.7. The highest BCUT2D eigenvalue weighted by Crippen LogP contribution is 2.30. The zero-order chi connectivity index (χ0) is 22.7. The van der Waals surface area contributed by atoms with Gasteiger partial charge in [-0.1, -0.05) is 30.3 Å². The minimum absolute atomic E-state index is 0.313. The number of hydrogen-bond donors (Lipinski definition) is 2. The van der Waals surface area contributed by atoms with Crippen LogP contribution in [0.2, 0.25) is 0 Å². The summed E-state index contributed by atoms with van der Waals surface area (Å²) < 4.78 is 15.7. The summed E-state index contributed by atoms with van der Waals surface area (Å²) in [6.07, 6.45) is 6.34. The van der Waals surface area contributed by atoms with Gasteiger partial charge in [-0.25, -0.2) is 4.39 Å². The van der Waals surface area contributed by atoms with Crippen LogP contribution in [0.3, 0.4) is 0 Å². The third kappa shape index (κ3) is 5.42. The van der Waals surface area contributed by atoms with Crippen LogP contribution in [0.15, 0.2) is 42.5 Å². The number of alkyl halides is 1. The van der Waals surface area contributed by atoms with Gasteiger partial charge in [0.05, 0.1) is 0 Å². The first-order valence-corrected chi connectivity index (χ1v) is 12.9. The van der Waals surface area contributed by atoms with Gasteiger partial charge in [0, 0.05) is 57.5 Å².